The zero-order valence-corrected chi connectivity index (χ0v) is 14.4. The third kappa shape index (κ3) is 3.92. The molecule has 0 saturated heterocycles. The van der Waals surface area contributed by atoms with Gasteiger partial charge in [-0.1, -0.05) is 39.7 Å². The predicted octanol–water partition coefficient (Wildman–Crippen LogP) is 4.87. The van der Waals surface area contributed by atoms with Crippen molar-refractivity contribution in [3.05, 3.63) is 55.6 Å². The van der Waals surface area contributed by atoms with Crippen molar-refractivity contribution in [2.24, 2.45) is 0 Å². The van der Waals surface area contributed by atoms with Crippen molar-refractivity contribution in [1.29, 1.82) is 0 Å². The van der Waals surface area contributed by atoms with Crippen molar-refractivity contribution in [2.75, 3.05) is 7.05 Å². The first-order chi connectivity index (χ1) is 9.47. The quantitative estimate of drug-likeness (QED) is 0.698. The van der Waals surface area contributed by atoms with E-state index in [-0.39, 0.29) is 11.8 Å². The summed E-state index contributed by atoms with van der Waals surface area (Å²) in [5, 5.41) is 0. The van der Waals surface area contributed by atoms with Gasteiger partial charge in [0, 0.05) is 21.5 Å². The van der Waals surface area contributed by atoms with Crippen molar-refractivity contribution >= 4 is 44.7 Å². The molecule has 1 atom stereocenters. The van der Waals surface area contributed by atoms with Gasteiger partial charge in [0.1, 0.15) is 0 Å². The highest BCUT2D eigenvalue weighted by molar-refractivity contribution is 9.10. The SMILES string of the molecule is CC(C(=O)c1ccc(Br)cc1)N(C)Cc1ccc(Cl)s1. The fourth-order valence-electron chi connectivity index (χ4n) is 1.87. The van der Waals surface area contributed by atoms with Crippen molar-refractivity contribution in [3.63, 3.8) is 0 Å². The van der Waals surface area contributed by atoms with Crippen LogP contribution in [-0.2, 0) is 6.54 Å². The molecule has 2 aromatic rings. The molecule has 1 aromatic heterocycles. The van der Waals surface area contributed by atoms with Crippen LogP contribution in [0.5, 0.6) is 0 Å². The lowest BCUT2D eigenvalue weighted by Gasteiger charge is -2.23. The Hall–Kier alpha value is -0.680. The van der Waals surface area contributed by atoms with Gasteiger partial charge in [0.15, 0.2) is 5.78 Å². The van der Waals surface area contributed by atoms with Crippen molar-refractivity contribution < 1.29 is 4.79 Å². The molecular weight excluding hydrogens is 358 g/mol. The zero-order valence-electron chi connectivity index (χ0n) is 11.3. The van der Waals surface area contributed by atoms with Gasteiger partial charge in [0.05, 0.1) is 10.4 Å². The van der Waals surface area contributed by atoms with E-state index < -0.39 is 0 Å². The average Bonchev–Trinajstić information content (AvgIpc) is 2.83. The topological polar surface area (TPSA) is 20.3 Å². The molecule has 0 amide bonds. The van der Waals surface area contributed by atoms with E-state index in [9.17, 15) is 4.79 Å². The molecule has 1 heterocycles. The second-order valence-electron chi connectivity index (χ2n) is 4.67. The lowest BCUT2D eigenvalue weighted by atomic mass is 10.0. The summed E-state index contributed by atoms with van der Waals surface area (Å²) in [6.45, 7) is 2.65. The van der Waals surface area contributed by atoms with Crippen LogP contribution in [0, 0.1) is 0 Å². The number of ketones is 1. The molecule has 0 bridgehead atoms. The average molecular weight is 373 g/mol. The Morgan fingerprint density at radius 2 is 1.95 bits per heavy atom. The Kier molecular flexibility index (Phi) is 5.38. The fraction of sp³-hybridized carbons (Fsp3) is 0.267. The monoisotopic (exact) mass is 371 g/mol. The Bertz CT molecular complexity index is 596. The second-order valence-corrected chi connectivity index (χ2v) is 7.38. The van der Waals surface area contributed by atoms with Gasteiger partial charge in [0.2, 0.25) is 0 Å². The third-order valence-corrected chi connectivity index (χ3v) is 4.95. The van der Waals surface area contributed by atoms with E-state index >= 15 is 0 Å². The highest BCUT2D eigenvalue weighted by atomic mass is 79.9. The first kappa shape index (κ1) is 15.7. The molecule has 0 radical (unpaired) electrons. The van der Waals surface area contributed by atoms with Gasteiger partial charge < -0.3 is 0 Å². The van der Waals surface area contributed by atoms with Gasteiger partial charge >= 0.3 is 0 Å². The van der Waals surface area contributed by atoms with Crippen LogP contribution < -0.4 is 0 Å². The molecule has 0 aliphatic carbocycles. The minimum Gasteiger partial charge on any atom is -0.292 e. The maximum Gasteiger partial charge on any atom is 0.179 e. The highest BCUT2D eigenvalue weighted by Crippen LogP contribution is 2.23. The number of nitrogens with zero attached hydrogens (tertiary/aromatic N) is 1. The third-order valence-electron chi connectivity index (χ3n) is 3.20. The molecule has 0 N–H and O–H groups in total. The molecule has 0 aliphatic heterocycles. The molecule has 5 heteroatoms. The largest absolute Gasteiger partial charge is 0.292 e. The number of Topliss-reactive ketones (excluding diaryl/α,β-unsaturated/α-hetero) is 1. The number of carbonyl (C=O) groups is 1. The number of likely N-dealkylation sites (N-methyl/N-ethyl adjacent to an activating group) is 1. The zero-order chi connectivity index (χ0) is 14.7. The summed E-state index contributed by atoms with van der Waals surface area (Å²) in [4.78, 5) is 15.6. The molecule has 1 aromatic carbocycles. The van der Waals surface area contributed by atoms with Crippen LogP contribution in [0.2, 0.25) is 4.34 Å². The van der Waals surface area contributed by atoms with E-state index in [2.05, 4.69) is 15.9 Å². The van der Waals surface area contributed by atoms with Gasteiger partial charge in [-0.05, 0) is 38.2 Å². The maximum atomic E-state index is 12.4. The van der Waals surface area contributed by atoms with Crippen LogP contribution in [0.3, 0.4) is 0 Å². The molecule has 1 unspecified atom stereocenters. The van der Waals surface area contributed by atoms with Crippen molar-refractivity contribution in [1.82, 2.24) is 4.90 Å². The maximum absolute atomic E-state index is 12.4. The standard InChI is InChI=1S/C15H15BrClNOS/c1-10(15(19)11-3-5-12(16)6-4-11)18(2)9-13-7-8-14(17)20-13/h3-8,10H,9H2,1-2H3. The Morgan fingerprint density at radius 1 is 1.30 bits per heavy atom. The molecular formula is C15H15BrClNOS. The number of thiophene rings is 1. The Labute approximate surface area is 136 Å². The fourth-order valence-corrected chi connectivity index (χ4v) is 3.29. The molecule has 20 heavy (non-hydrogen) atoms. The molecule has 0 saturated carbocycles. The summed E-state index contributed by atoms with van der Waals surface area (Å²) in [5.41, 5.74) is 0.733. The summed E-state index contributed by atoms with van der Waals surface area (Å²) in [7, 11) is 1.95. The van der Waals surface area contributed by atoms with E-state index in [1.54, 1.807) is 11.3 Å². The number of hydrogen-bond donors (Lipinski definition) is 0. The van der Waals surface area contributed by atoms with Gasteiger partial charge in [0.25, 0.3) is 0 Å². The van der Waals surface area contributed by atoms with E-state index in [1.165, 1.54) is 0 Å². The number of carbonyl (C=O) groups excluding carboxylic acids is 1. The number of hydrogen-bond acceptors (Lipinski definition) is 3. The minimum atomic E-state index is -0.169. The van der Waals surface area contributed by atoms with Gasteiger partial charge in [-0.2, -0.15) is 0 Å². The lowest BCUT2D eigenvalue weighted by molar-refractivity contribution is 0.0863. The van der Waals surface area contributed by atoms with E-state index in [0.717, 1.165) is 25.8 Å². The van der Waals surface area contributed by atoms with Crippen LogP contribution in [0.15, 0.2) is 40.9 Å². The molecule has 0 aliphatic rings. The number of rotatable bonds is 5. The van der Waals surface area contributed by atoms with Gasteiger partial charge in [-0.15, -0.1) is 11.3 Å². The molecule has 0 fully saturated rings. The van der Waals surface area contributed by atoms with E-state index in [4.69, 9.17) is 11.6 Å². The number of halogens is 2. The van der Waals surface area contributed by atoms with Crippen molar-refractivity contribution in [2.45, 2.75) is 19.5 Å². The summed E-state index contributed by atoms with van der Waals surface area (Å²) >= 11 is 10.8. The van der Waals surface area contributed by atoms with Crippen LogP contribution in [0.25, 0.3) is 0 Å². The Balaban J connectivity index is 2.04. The van der Waals surface area contributed by atoms with Crippen LogP contribution in [0.4, 0.5) is 0 Å². The van der Waals surface area contributed by atoms with Crippen LogP contribution in [0.1, 0.15) is 22.2 Å². The normalized spacial score (nSPS) is 12.7. The predicted molar refractivity (Wildman–Crippen MR) is 88.7 cm³/mol. The van der Waals surface area contributed by atoms with Gasteiger partial charge in [-0.3, -0.25) is 9.69 Å². The second kappa shape index (κ2) is 6.85. The Morgan fingerprint density at radius 3 is 2.50 bits per heavy atom. The highest BCUT2D eigenvalue weighted by Gasteiger charge is 2.20. The first-order valence-corrected chi connectivity index (χ1v) is 8.20. The summed E-state index contributed by atoms with van der Waals surface area (Å²) in [6, 6.07) is 11.2. The van der Waals surface area contributed by atoms with Crippen LogP contribution in [-0.4, -0.2) is 23.8 Å². The number of benzene rings is 1. The summed E-state index contributed by atoms with van der Waals surface area (Å²) in [5.74, 6) is 0.127. The molecule has 2 rings (SSSR count). The lowest BCUT2D eigenvalue weighted by Crippen LogP contribution is -2.35. The van der Waals surface area contributed by atoms with E-state index in [1.807, 2.05) is 55.3 Å². The van der Waals surface area contributed by atoms with Crippen LogP contribution >= 0.6 is 38.9 Å². The van der Waals surface area contributed by atoms with E-state index in [0.29, 0.717) is 0 Å². The van der Waals surface area contributed by atoms with Crippen molar-refractivity contribution in [3.8, 4) is 0 Å². The smallest absolute Gasteiger partial charge is 0.179 e. The molecule has 106 valence electrons. The summed E-state index contributed by atoms with van der Waals surface area (Å²) in [6.07, 6.45) is 0. The molecule has 0 spiro atoms. The first-order valence-electron chi connectivity index (χ1n) is 6.21. The minimum absolute atomic E-state index is 0.127. The molecule has 2 nitrogen and oxygen atoms in total. The summed E-state index contributed by atoms with van der Waals surface area (Å²) < 4.78 is 1.75. The van der Waals surface area contributed by atoms with Gasteiger partial charge in [-0.25, -0.2) is 0 Å².